The number of aryl methyl sites for hydroxylation is 1. The van der Waals surface area contributed by atoms with Crippen molar-refractivity contribution < 1.29 is 37.7 Å². The Morgan fingerprint density at radius 1 is 1.02 bits per heavy atom. The van der Waals surface area contributed by atoms with Gasteiger partial charge in [0.25, 0.3) is 5.91 Å². The summed E-state index contributed by atoms with van der Waals surface area (Å²) in [6, 6.07) is 18.3. The summed E-state index contributed by atoms with van der Waals surface area (Å²) < 4.78 is 37.8. The number of fused-ring (bicyclic) bond motifs is 9. The molecule has 1 N–H and O–H groups in total. The summed E-state index contributed by atoms with van der Waals surface area (Å²) in [6.07, 6.45) is 1.17. The van der Waals surface area contributed by atoms with Crippen molar-refractivity contribution >= 4 is 17.7 Å². The number of carbonyl (C=O) groups is 3. The van der Waals surface area contributed by atoms with E-state index in [0.717, 1.165) is 11.1 Å². The molecule has 0 radical (unpaired) electrons. The molecule has 6 rings (SSSR count). The topological polar surface area (TPSA) is 107 Å². The van der Waals surface area contributed by atoms with E-state index in [4.69, 9.17) is 18.9 Å². The number of halogens is 1. The lowest BCUT2D eigenvalue weighted by Crippen LogP contribution is -2.58. The van der Waals surface area contributed by atoms with Crippen LogP contribution in [0.2, 0.25) is 0 Å². The van der Waals surface area contributed by atoms with Gasteiger partial charge in [0.15, 0.2) is 11.5 Å². The van der Waals surface area contributed by atoms with Crippen LogP contribution in [0.1, 0.15) is 40.7 Å². The largest absolute Gasteiger partial charge is 0.493 e. The number of rotatable bonds is 6. The van der Waals surface area contributed by atoms with Gasteiger partial charge in [0.1, 0.15) is 11.6 Å². The van der Waals surface area contributed by atoms with E-state index in [1.165, 1.54) is 28.0 Å². The molecule has 4 bridgehead atoms. The van der Waals surface area contributed by atoms with E-state index in [-0.39, 0.29) is 43.5 Å². The molecule has 3 aromatic carbocycles. The Labute approximate surface area is 268 Å². The molecule has 0 unspecified atom stereocenters. The van der Waals surface area contributed by atoms with Gasteiger partial charge in [-0.3, -0.25) is 14.4 Å². The smallest absolute Gasteiger partial charge is 0.256 e. The highest BCUT2D eigenvalue weighted by Crippen LogP contribution is 2.33. The zero-order valence-corrected chi connectivity index (χ0v) is 26.2. The molecule has 3 aliphatic heterocycles. The number of methoxy groups -OCH3 is 2. The van der Waals surface area contributed by atoms with Crippen LogP contribution < -0.4 is 14.8 Å². The van der Waals surface area contributed by atoms with Crippen LogP contribution in [-0.4, -0.2) is 86.7 Å². The van der Waals surface area contributed by atoms with Crippen LogP contribution in [0.25, 0.3) is 0 Å². The molecule has 0 aliphatic carbocycles. The molecule has 0 spiro atoms. The first-order valence-electron chi connectivity index (χ1n) is 15.5. The summed E-state index contributed by atoms with van der Waals surface area (Å²) in [7, 11) is 3.16. The summed E-state index contributed by atoms with van der Waals surface area (Å²) in [5.41, 5.74) is 1.72. The van der Waals surface area contributed by atoms with Crippen molar-refractivity contribution in [2.45, 2.75) is 44.4 Å². The maximum absolute atomic E-state index is 14.5. The zero-order valence-electron chi connectivity index (χ0n) is 26.2. The van der Waals surface area contributed by atoms with Gasteiger partial charge in [0.05, 0.1) is 38.0 Å². The monoisotopic (exact) mass is 633 g/mol. The van der Waals surface area contributed by atoms with Gasteiger partial charge in [-0.2, -0.15) is 0 Å². The van der Waals surface area contributed by atoms with E-state index in [0.29, 0.717) is 56.2 Å². The Balaban J connectivity index is 1.41. The van der Waals surface area contributed by atoms with Crippen LogP contribution in [0.15, 0.2) is 66.7 Å². The standard InChI is InChI=1S/C35H40FN3O7/c1-43-18-6-16-38-22-33(40)37-29-21-39(35(42)27-9-3-4-10-28(27)36)17-15-30(29)45-23-25-7-5-8-26(19-25)46-31-13-11-24(12-14-34(38)41)20-32(31)44-2/h3-5,7-11,13,19-20,29-30H,6,12,14-18,21-23H2,1-2H3,(H,37,40)/t29-,30+/m0/s1. The zero-order chi connectivity index (χ0) is 32.5. The first-order valence-corrected chi connectivity index (χ1v) is 15.5. The number of nitrogens with one attached hydrogen (secondary N) is 1. The van der Waals surface area contributed by atoms with Gasteiger partial charge in [0.2, 0.25) is 11.8 Å². The molecule has 11 heteroatoms. The van der Waals surface area contributed by atoms with Crippen molar-refractivity contribution in [1.82, 2.24) is 15.1 Å². The van der Waals surface area contributed by atoms with Gasteiger partial charge in [-0.15, -0.1) is 0 Å². The normalized spacial score (nSPS) is 19.3. The second-order valence-electron chi connectivity index (χ2n) is 11.4. The van der Waals surface area contributed by atoms with E-state index in [9.17, 15) is 18.8 Å². The highest BCUT2D eigenvalue weighted by atomic mass is 19.1. The minimum atomic E-state index is -0.601. The number of benzene rings is 3. The Bertz CT molecular complexity index is 1530. The molecule has 3 aromatic rings. The van der Waals surface area contributed by atoms with Crippen molar-refractivity contribution in [3.8, 4) is 17.2 Å². The summed E-state index contributed by atoms with van der Waals surface area (Å²) in [5, 5.41) is 3.02. The fourth-order valence-corrected chi connectivity index (χ4v) is 5.77. The van der Waals surface area contributed by atoms with Gasteiger partial charge in [-0.05, 0) is 66.8 Å². The van der Waals surface area contributed by atoms with Crippen LogP contribution >= 0.6 is 0 Å². The number of ether oxygens (including phenoxy) is 4. The number of amides is 3. The number of hydrogen-bond acceptors (Lipinski definition) is 7. The predicted molar refractivity (Wildman–Crippen MR) is 168 cm³/mol. The first kappa shape index (κ1) is 32.9. The molecular formula is C35H40FN3O7. The lowest BCUT2D eigenvalue weighted by molar-refractivity contribution is -0.137. The van der Waals surface area contributed by atoms with Crippen LogP contribution in [0.3, 0.4) is 0 Å². The number of hydrogen-bond donors (Lipinski definition) is 1. The second kappa shape index (κ2) is 15.7. The molecule has 1 fully saturated rings. The average molecular weight is 634 g/mol. The van der Waals surface area contributed by atoms with Crippen LogP contribution in [0, 0.1) is 5.82 Å². The number of likely N-dealkylation sites (tertiary alicyclic amines) is 1. The molecule has 0 saturated carbocycles. The number of piperidine rings is 1. The van der Waals surface area contributed by atoms with Crippen LogP contribution in [0.5, 0.6) is 17.2 Å². The van der Waals surface area contributed by atoms with E-state index in [1.807, 2.05) is 42.5 Å². The maximum atomic E-state index is 14.5. The molecule has 244 valence electrons. The minimum Gasteiger partial charge on any atom is -0.493 e. The fraction of sp³-hybridized carbons (Fsp3) is 0.400. The molecule has 3 aliphatic rings. The van der Waals surface area contributed by atoms with E-state index >= 15 is 0 Å². The predicted octanol–water partition coefficient (Wildman–Crippen LogP) is 4.35. The molecule has 0 aromatic heterocycles. The van der Waals surface area contributed by atoms with Gasteiger partial charge in [-0.1, -0.05) is 30.3 Å². The number of carbonyl (C=O) groups excluding carboxylic acids is 3. The molecule has 46 heavy (non-hydrogen) atoms. The summed E-state index contributed by atoms with van der Waals surface area (Å²) in [6.45, 7) is 1.30. The van der Waals surface area contributed by atoms with Crippen molar-refractivity contribution in [1.29, 1.82) is 0 Å². The Morgan fingerprint density at radius 2 is 1.87 bits per heavy atom. The maximum Gasteiger partial charge on any atom is 0.256 e. The molecule has 1 saturated heterocycles. The van der Waals surface area contributed by atoms with Gasteiger partial charge < -0.3 is 34.1 Å². The Morgan fingerprint density at radius 3 is 2.67 bits per heavy atom. The van der Waals surface area contributed by atoms with E-state index < -0.39 is 23.9 Å². The summed E-state index contributed by atoms with van der Waals surface area (Å²) in [5.74, 6) is 0.0792. The minimum absolute atomic E-state index is 0.0265. The molecule has 2 atom stereocenters. The van der Waals surface area contributed by atoms with E-state index in [2.05, 4.69) is 5.32 Å². The first-order chi connectivity index (χ1) is 22.3. The second-order valence-corrected chi connectivity index (χ2v) is 11.4. The summed E-state index contributed by atoms with van der Waals surface area (Å²) >= 11 is 0. The third kappa shape index (κ3) is 8.41. The third-order valence-electron chi connectivity index (χ3n) is 8.20. The van der Waals surface area contributed by atoms with Gasteiger partial charge >= 0.3 is 0 Å². The van der Waals surface area contributed by atoms with Crippen molar-refractivity contribution in [2.24, 2.45) is 0 Å². The molecule has 10 nitrogen and oxygen atoms in total. The molecule has 3 amide bonds. The lowest BCUT2D eigenvalue weighted by Gasteiger charge is -2.39. The SMILES string of the molecule is COCCCN1CC(=O)N[C@H]2CN(C(=O)c3ccccc3F)CC[C@H]2OCc2cccc(c2)Oc2ccc(cc2OC)CCC1=O. The third-order valence-corrected chi connectivity index (χ3v) is 8.20. The molecule has 3 heterocycles. The van der Waals surface area contributed by atoms with Crippen LogP contribution in [0.4, 0.5) is 4.39 Å². The molecular weight excluding hydrogens is 593 g/mol. The summed E-state index contributed by atoms with van der Waals surface area (Å²) in [4.78, 5) is 43.3. The highest BCUT2D eigenvalue weighted by Gasteiger charge is 2.35. The lowest BCUT2D eigenvalue weighted by atomic mass is 10.00. The number of nitrogens with zero attached hydrogens (tertiary/aromatic N) is 2. The average Bonchev–Trinajstić information content (AvgIpc) is 3.06. The Kier molecular flexibility index (Phi) is 11.2. The van der Waals surface area contributed by atoms with Gasteiger partial charge in [-0.25, -0.2) is 4.39 Å². The fourth-order valence-electron chi connectivity index (χ4n) is 5.77. The van der Waals surface area contributed by atoms with Crippen molar-refractivity contribution in [3.63, 3.8) is 0 Å². The van der Waals surface area contributed by atoms with Gasteiger partial charge in [0, 0.05) is 39.8 Å². The van der Waals surface area contributed by atoms with E-state index in [1.54, 1.807) is 20.3 Å². The van der Waals surface area contributed by atoms with Crippen LogP contribution in [-0.2, 0) is 32.1 Å². The highest BCUT2D eigenvalue weighted by molar-refractivity contribution is 5.94. The Hall–Kier alpha value is -4.48. The van der Waals surface area contributed by atoms with Crippen molar-refractivity contribution in [3.05, 3.63) is 89.2 Å². The quantitative estimate of drug-likeness (QED) is 0.403. The van der Waals surface area contributed by atoms with Crippen molar-refractivity contribution in [2.75, 3.05) is 47.0 Å².